The van der Waals surface area contributed by atoms with E-state index >= 15 is 0 Å². The molecule has 0 spiro atoms. The number of ether oxygens (including phenoxy) is 1. The molecule has 2 heterocycles. The number of aromatic hydroxyl groups is 1. The van der Waals surface area contributed by atoms with E-state index in [1.165, 1.54) is 25.4 Å². The van der Waals surface area contributed by atoms with Crippen molar-refractivity contribution in [2.45, 2.75) is 19.1 Å². The van der Waals surface area contributed by atoms with Gasteiger partial charge in [0, 0.05) is 17.8 Å². The predicted molar refractivity (Wildman–Crippen MR) is 97.0 cm³/mol. The van der Waals surface area contributed by atoms with Gasteiger partial charge in [-0.1, -0.05) is 29.5 Å². The van der Waals surface area contributed by atoms with Gasteiger partial charge in [0.15, 0.2) is 5.13 Å². The first-order valence-corrected chi connectivity index (χ1v) is 8.74. The van der Waals surface area contributed by atoms with Gasteiger partial charge in [0.1, 0.15) is 4.88 Å². The molecule has 3 aromatic rings. The van der Waals surface area contributed by atoms with Crippen LogP contribution < -0.4 is 10.1 Å². The molecule has 27 heavy (non-hydrogen) atoms. The first-order valence-electron chi connectivity index (χ1n) is 7.92. The molecule has 1 aromatic carbocycles. The second-order valence-electron chi connectivity index (χ2n) is 5.71. The lowest BCUT2D eigenvalue weighted by atomic mass is 10.0. The third-order valence-electron chi connectivity index (χ3n) is 3.89. The summed E-state index contributed by atoms with van der Waals surface area (Å²) in [4.78, 5) is 8.49. The Morgan fingerprint density at radius 2 is 1.96 bits per heavy atom. The number of nitrogens with one attached hydrogen (secondary N) is 1. The molecule has 5 nitrogen and oxygen atoms in total. The van der Waals surface area contributed by atoms with E-state index in [1.807, 2.05) is 0 Å². The second-order valence-corrected chi connectivity index (χ2v) is 6.71. The number of aromatic nitrogens is 2. The molecule has 3 rings (SSSR count). The van der Waals surface area contributed by atoms with Crippen LogP contribution in [0.5, 0.6) is 11.8 Å². The fourth-order valence-electron chi connectivity index (χ4n) is 2.62. The zero-order valence-electron chi connectivity index (χ0n) is 14.4. The minimum Gasteiger partial charge on any atom is -0.492 e. The van der Waals surface area contributed by atoms with Crippen LogP contribution in [0.1, 0.15) is 24.1 Å². The van der Waals surface area contributed by atoms with E-state index in [4.69, 9.17) is 4.74 Å². The predicted octanol–water partition coefficient (Wildman–Crippen LogP) is 5.11. The Kier molecular flexibility index (Phi) is 5.22. The van der Waals surface area contributed by atoms with Gasteiger partial charge in [-0.3, -0.25) is 0 Å². The van der Waals surface area contributed by atoms with Crippen LogP contribution in [-0.4, -0.2) is 22.2 Å². The SMILES string of the molecule is COc1cc(-c2sc(N[C@@H](C)c3ccccc3C(F)(F)F)nc2O)ccn1. The minimum atomic E-state index is -4.45. The number of benzene rings is 1. The van der Waals surface area contributed by atoms with Crippen LogP contribution in [-0.2, 0) is 6.18 Å². The van der Waals surface area contributed by atoms with Crippen LogP contribution in [0.3, 0.4) is 0 Å². The Bertz CT molecular complexity index is 944. The largest absolute Gasteiger partial charge is 0.492 e. The number of rotatable bonds is 5. The lowest BCUT2D eigenvalue weighted by Gasteiger charge is -2.18. The van der Waals surface area contributed by atoms with Gasteiger partial charge in [-0.2, -0.15) is 18.2 Å². The summed E-state index contributed by atoms with van der Waals surface area (Å²) in [6.45, 7) is 1.61. The first kappa shape index (κ1) is 19.0. The van der Waals surface area contributed by atoms with Crippen molar-refractivity contribution < 1.29 is 23.0 Å². The van der Waals surface area contributed by atoms with Gasteiger partial charge in [0.25, 0.3) is 0 Å². The third-order valence-corrected chi connectivity index (χ3v) is 4.91. The van der Waals surface area contributed by atoms with Crippen molar-refractivity contribution in [3.63, 3.8) is 0 Å². The number of nitrogens with zero attached hydrogens (tertiary/aromatic N) is 2. The Morgan fingerprint density at radius 1 is 1.22 bits per heavy atom. The van der Waals surface area contributed by atoms with Crippen LogP contribution in [0, 0.1) is 0 Å². The molecule has 0 saturated carbocycles. The summed E-state index contributed by atoms with van der Waals surface area (Å²) in [5.74, 6) is 0.161. The molecular weight excluding hydrogens is 379 g/mol. The van der Waals surface area contributed by atoms with Crippen LogP contribution in [0.15, 0.2) is 42.6 Å². The van der Waals surface area contributed by atoms with Crippen molar-refractivity contribution in [3.05, 3.63) is 53.7 Å². The molecule has 0 radical (unpaired) electrons. The van der Waals surface area contributed by atoms with Crippen molar-refractivity contribution in [1.29, 1.82) is 0 Å². The number of hydrogen-bond donors (Lipinski definition) is 2. The third kappa shape index (κ3) is 4.13. The smallest absolute Gasteiger partial charge is 0.416 e. The van der Waals surface area contributed by atoms with Crippen molar-refractivity contribution in [2.24, 2.45) is 0 Å². The highest BCUT2D eigenvalue weighted by molar-refractivity contribution is 7.19. The van der Waals surface area contributed by atoms with E-state index in [0.29, 0.717) is 21.5 Å². The maximum atomic E-state index is 13.2. The Hall–Kier alpha value is -2.81. The summed E-state index contributed by atoms with van der Waals surface area (Å²) in [5.41, 5.74) is 0.0462. The summed E-state index contributed by atoms with van der Waals surface area (Å²) in [5, 5.41) is 13.4. The molecular formula is C18H16F3N3O2S. The molecule has 0 fully saturated rings. The number of hydrogen-bond acceptors (Lipinski definition) is 6. The Labute approximate surface area is 157 Å². The van der Waals surface area contributed by atoms with Crippen LogP contribution in [0.25, 0.3) is 10.4 Å². The summed E-state index contributed by atoms with van der Waals surface area (Å²) < 4.78 is 44.7. The van der Waals surface area contributed by atoms with Gasteiger partial charge < -0.3 is 15.2 Å². The topological polar surface area (TPSA) is 67.3 Å². The van der Waals surface area contributed by atoms with E-state index in [0.717, 1.165) is 17.4 Å². The number of anilines is 1. The second kappa shape index (κ2) is 7.43. The van der Waals surface area contributed by atoms with E-state index < -0.39 is 17.8 Å². The highest BCUT2D eigenvalue weighted by atomic mass is 32.1. The molecule has 2 N–H and O–H groups in total. The molecule has 142 valence electrons. The van der Waals surface area contributed by atoms with Crippen molar-refractivity contribution >= 4 is 16.5 Å². The van der Waals surface area contributed by atoms with Gasteiger partial charge in [-0.05, 0) is 24.6 Å². The first-order chi connectivity index (χ1) is 12.8. The van der Waals surface area contributed by atoms with E-state index in [2.05, 4.69) is 15.3 Å². The van der Waals surface area contributed by atoms with E-state index in [9.17, 15) is 18.3 Å². The molecule has 9 heteroatoms. The molecule has 0 aliphatic carbocycles. The quantitative estimate of drug-likeness (QED) is 0.628. The fraction of sp³-hybridized carbons (Fsp3) is 0.222. The van der Waals surface area contributed by atoms with Crippen LogP contribution in [0.2, 0.25) is 0 Å². The highest BCUT2D eigenvalue weighted by Crippen LogP contribution is 2.40. The molecule has 0 bridgehead atoms. The van der Waals surface area contributed by atoms with Gasteiger partial charge in [-0.15, -0.1) is 0 Å². The molecule has 2 aromatic heterocycles. The standard InChI is InChI=1S/C18H16F3N3O2S/c1-10(12-5-3-4-6-13(12)18(19,20)21)23-17-24-16(25)15(27-17)11-7-8-22-14(9-11)26-2/h3-10,25H,1-2H3,(H,23,24)/t10-/m0/s1. The summed E-state index contributed by atoms with van der Waals surface area (Å²) in [6, 6.07) is 8.03. The zero-order valence-corrected chi connectivity index (χ0v) is 15.2. The lowest BCUT2D eigenvalue weighted by molar-refractivity contribution is -0.138. The highest BCUT2D eigenvalue weighted by Gasteiger charge is 2.34. The molecule has 0 saturated heterocycles. The van der Waals surface area contributed by atoms with Crippen molar-refractivity contribution in [1.82, 2.24) is 9.97 Å². The molecule has 0 aliphatic rings. The monoisotopic (exact) mass is 395 g/mol. The zero-order chi connectivity index (χ0) is 19.6. The molecule has 0 aliphatic heterocycles. The van der Waals surface area contributed by atoms with E-state index in [-0.39, 0.29) is 11.4 Å². The number of pyridine rings is 1. The van der Waals surface area contributed by atoms with Gasteiger partial charge in [-0.25, -0.2) is 4.98 Å². The fourth-order valence-corrected chi connectivity index (χ4v) is 3.56. The summed E-state index contributed by atoms with van der Waals surface area (Å²) >= 11 is 1.13. The normalized spacial score (nSPS) is 12.6. The summed E-state index contributed by atoms with van der Waals surface area (Å²) in [7, 11) is 1.48. The molecule has 0 amide bonds. The Morgan fingerprint density at radius 3 is 2.67 bits per heavy atom. The maximum Gasteiger partial charge on any atom is 0.416 e. The Balaban J connectivity index is 1.87. The summed E-state index contributed by atoms with van der Waals surface area (Å²) in [6.07, 6.45) is -2.92. The van der Waals surface area contributed by atoms with Crippen LogP contribution >= 0.6 is 11.3 Å². The minimum absolute atomic E-state index is 0.104. The van der Waals surface area contributed by atoms with Gasteiger partial charge in [0.2, 0.25) is 11.8 Å². The van der Waals surface area contributed by atoms with Gasteiger partial charge in [0.05, 0.1) is 18.7 Å². The van der Waals surface area contributed by atoms with E-state index in [1.54, 1.807) is 25.1 Å². The number of methoxy groups -OCH3 is 1. The average Bonchev–Trinajstić information content (AvgIpc) is 3.01. The number of thiazole rings is 1. The number of alkyl halides is 3. The number of halogens is 3. The molecule has 0 unspecified atom stereocenters. The van der Waals surface area contributed by atoms with Crippen molar-refractivity contribution in [3.8, 4) is 22.2 Å². The molecule has 1 atom stereocenters. The van der Waals surface area contributed by atoms with Crippen LogP contribution in [0.4, 0.5) is 18.3 Å². The maximum absolute atomic E-state index is 13.2. The van der Waals surface area contributed by atoms with Crippen molar-refractivity contribution in [2.75, 3.05) is 12.4 Å². The average molecular weight is 395 g/mol. The van der Waals surface area contributed by atoms with Gasteiger partial charge >= 0.3 is 6.18 Å². The lowest BCUT2D eigenvalue weighted by Crippen LogP contribution is -2.15.